The van der Waals surface area contributed by atoms with Crippen LogP contribution < -0.4 is 4.72 Å². The third-order valence-electron chi connectivity index (χ3n) is 4.23. The summed E-state index contributed by atoms with van der Waals surface area (Å²) in [5.74, 6) is 0.120. The van der Waals surface area contributed by atoms with Gasteiger partial charge in [0.2, 0.25) is 10.0 Å². The van der Waals surface area contributed by atoms with Crippen LogP contribution in [0.4, 0.5) is 0 Å². The van der Waals surface area contributed by atoms with E-state index in [4.69, 9.17) is 4.74 Å². The lowest BCUT2D eigenvalue weighted by Crippen LogP contribution is -2.56. The van der Waals surface area contributed by atoms with Crippen molar-refractivity contribution in [2.75, 3.05) is 19.0 Å². The Morgan fingerprint density at radius 3 is 1.82 bits per heavy atom. The second-order valence-electron chi connectivity index (χ2n) is 8.43. The molecule has 0 rings (SSSR count). The first kappa shape index (κ1) is 21.9. The predicted octanol–water partition coefficient (Wildman–Crippen LogP) is 3.96. The van der Waals surface area contributed by atoms with Crippen LogP contribution in [0.15, 0.2) is 0 Å². The van der Waals surface area contributed by atoms with Gasteiger partial charge in [0, 0.05) is 12.1 Å². The molecule has 0 aliphatic carbocycles. The first-order valence-corrected chi connectivity index (χ1v) is 10.0. The van der Waals surface area contributed by atoms with Crippen molar-refractivity contribution in [1.29, 1.82) is 0 Å². The van der Waals surface area contributed by atoms with E-state index in [0.29, 0.717) is 19.6 Å². The van der Waals surface area contributed by atoms with Crippen molar-refractivity contribution in [1.82, 2.24) is 4.72 Å². The van der Waals surface area contributed by atoms with Gasteiger partial charge in [-0.05, 0) is 30.1 Å². The summed E-state index contributed by atoms with van der Waals surface area (Å²) in [5, 5.41) is 0. The molecular formula is C17H37NO3S. The van der Waals surface area contributed by atoms with E-state index in [9.17, 15) is 8.42 Å². The molecule has 0 unspecified atom stereocenters. The van der Waals surface area contributed by atoms with Gasteiger partial charge >= 0.3 is 0 Å². The molecule has 4 nitrogen and oxygen atoms in total. The molecule has 0 radical (unpaired) electrons. The van der Waals surface area contributed by atoms with Crippen LogP contribution in [0.25, 0.3) is 0 Å². The van der Waals surface area contributed by atoms with Crippen molar-refractivity contribution >= 4 is 10.0 Å². The van der Waals surface area contributed by atoms with Gasteiger partial charge in [-0.2, -0.15) is 0 Å². The highest BCUT2D eigenvalue weighted by Crippen LogP contribution is 2.36. The minimum Gasteiger partial charge on any atom is -0.381 e. The molecule has 0 spiro atoms. The van der Waals surface area contributed by atoms with Crippen molar-refractivity contribution < 1.29 is 13.2 Å². The minimum atomic E-state index is -3.29. The minimum absolute atomic E-state index is 0.114. The van der Waals surface area contributed by atoms with E-state index >= 15 is 0 Å². The molecule has 134 valence electrons. The highest BCUT2D eigenvalue weighted by atomic mass is 32.2. The van der Waals surface area contributed by atoms with Crippen molar-refractivity contribution in [3.8, 4) is 0 Å². The fraction of sp³-hybridized carbons (Fsp3) is 1.00. The zero-order valence-corrected chi connectivity index (χ0v) is 16.7. The smallest absolute Gasteiger partial charge is 0.212 e. The summed E-state index contributed by atoms with van der Waals surface area (Å²) in [6.07, 6.45) is 2.10. The maximum absolute atomic E-state index is 12.4. The number of rotatable bonds is 9. The maximum atomic E-state index is 12.4. The molecule has 0 atom stereocenters. The van der Waals surface area contributed by atoms with E-state index in [1.165, 1.54) is 0 Å². The van der Waals surface area contributed by atoms with Gasteiger partial charge in [0.1, 0.15) is 0 Å². The SMILES string of the molecule is CCC(CC)(NS(=O)(=O)CCCOCC(C)(C)C)C(C)(C)C. The van der Waals surface area contributed by atoms with E-state index in [-0.39, 0.29) is 16.6 Å². The summed E-state index contributed by atoms with van der Waals surface area (Å²) in [6, 6.07) is 0. The highest BCUT2D eigenvalue weighted by molar-refractivity contribution is 7.89. The Kier molecular flexibility index (Phi) is 8.06. The largest absolute Gasteiger partial charge is 0.381 e. The molecule has 0 aliphatic rings. The Balaban J connectivity index is 4.57. The van der Waals surface area contributed by atoms with E-state index in [1.807, 2.05) is 13.8 Å². The number of sulfonamides is 1. The molecule has 0 aromatic heterocycles. The molecule has 0 fully saturated rings. The second-order valence-corrected chi connectivity index (χ2v) is 10.3. The number of ether oxygens (including phenoxy) is 1. The Morgan fingerprint density at radius 2 is 1.45 bits per heavy atom. The molecule has 22 heavy (non-hydrogen) atoms. The molecule has 0 aromatic rings. The van der Waals surface area contributed by atoms with Gasteiger partial charge in [0.15, 0.2) is 0 Å². The molecule has 0 amide bonds. The van der Waals surface area contributed by atoms with Crippen molar-refractivity contribution in [3.63, 3.8) is 0 Å². The second kappa shape index (κ2) is 8.11. The Bertz CT molecular complexity index is 412. The molecule has 0 aromatic carbocycles. The summed E-state index contributed by atoms with van der Waals surface area (Å²) in [5.41, 5.74) is -0.395. The zero-order chi connectivity index (χ0) is 17.7. The third-order valence-corrected chi connectivity index (χ3v) is 5.76. The van der Waals surface area contributed by atoms with E-state index in [2.05, 4.69) is 46.3 Å². The Hall–Kier alpha value is -0.130. The van der Waals surface area contributed by atoms with Gasteiger partial charge in [-0.25, -0.2) is 13.1 Å². The van der Waals surface area contributed by atoms with Gasteiger partial charge in [0.25, 0.3) is 0 Å². The number of hydrogen-bond donors (Lipinski definition) is 1. The molecule has 5 heteroatoms. The first-order valence-electron chi connectivity index (χ1n) is 8.38. The lowest BCUT2D eigenvalue weighted by molar-refractivity contribution is 0.0719. The topological polar surface area (TPSA) is 55.4 Å². The first-order chi connectivity index (χ1) is 9.79. The fourth-order valence-electron chi connectivity index (χ4n) is 2.69. The predicted molar refractivity (Wildman–Crippen MR) is 94.6 cm³/mol. The van der Waals surface area contributed by atoms with Crippen LogP contribution in [0.5, 0.6) is 0 Å². The van der Waals surface area contributed by atoms with E-state index in [1.54, 1.807) is 0 Å². The Morgan fingerprint density at radius 1 is 0.955 bits per heavy atom. The number of nitrogens with one attached hydrogen (secondary N) is 1. The van der Waals surface area contributed by atoms with Crippen molar-refractivity contribution in [2.24, 2.45) is 10.8 Å². The van der Waals surface area contributed by atoms with Crippen LogP contribution >= 0.6 is 0 Å². The normalized spacial score (nSPS) is 14.4. The number of hydrogen-bond acceptors (Lipinski definition) is 3. The van der Waals surface area contributed by atoms with Crippen LogP contribution in [0, 0.1) is 10.8 Å². The summed E-state index contributed by atoms with van der Waals surface area (Å²) in [4.78, 5) is 0. The monoisotopic (exact) mass is 335 g/mol. The standard InChI is InChI=1S/C17H37NO3S/c1-9-17(10-2,16(6,7)8)18-22(19,20)13-11-12-21-14-15(3,4)5/h18H,9-14H2,1-8H3. The quantitative estimate of drug-likeness (QED) is 0.649. The van der Waals surface area contributed by atoms with E-state index in [0.717, 1.165) is 12.8 Å². The third kappa shape index (κ3) is 7.42. The fourth-order valence-corrected chi connectivity index (χ4v) is 4.48. The van der Waals surface area contributed by atoms with Crippen LogP contribution in [-0.4, -0.2) is 32.9 Å². The van der Waals surface area contributed by atoms with Gasteiger partial charge in [-0.15, -0.1) is 0 Å². The summed E-state index contributed by atoms with van der Waals surface area (Å²) >= 11 is 0. The molecule has 0 heterocycles. The molecule has 0 aliphatic heterocycles. The van der Waals surface area contributed by atoms with Crippen LogP contribution in [0.1, 0.15) is 74.7 Å². The molecular weight excluding hydrogens is 298 g/mol. The van der Waals surface area contributed by atoms with Crippen LogP contribution in [-0.2, 0) is 14.8 Å². The van der Waals surface area contributed by atoms with Gasteiger partial charge in [-0.1, -0.05) is 55.4 Å². The average Bonchev–Trinajstić information content (AvgIpc) is 2.32. The van der Waals surface area contributed by atoms with Crippen LogP contribution in [0.3, 0.4) is 0 Å². The van der Waals surface area contributed by atoms with Crippen LogP contribution in [0.2, 0.25) is 0 Å². The zero-order valence-electron chi connectivity index (χ0n) is 15.9. The lowest BCUT2D eigenvalue weighted by Gasteiger charge is -2.44. The van der Waals surface area contributed by atoms with Gasteiger partial charge in [-0.3, -0.25) is 0 Å². The van der Waals surface area contributed by atoms with Gasteiger partial charge < -0.3 is 4.74 Å². The van der Waals surface area contributed by atoms with E-state index < -0.39 is 15.6 Å². The highest BCUT2D eigenvalue weighted by Gasteiger charge is 2.41. The maximum Gasteiger partial charge on any atom is 0.212 e. The van der Waals surface area contributed by atoms with Crippen molar-refractivity contribution in [3.05, 3.63) is 0 Å². The summed E-state index contributed by atoms with van der Waals surface area (Å²) < 4.78 is 33.3. The lowest BCUT2D eigenvalue weighted by atomic mass is 9.71. The Labute approximate surface area is 138 Å². The molecule has 1 N–H and O–H groups in total. The summed E-state index contributed by atoms with van der Waals surface area (Å²) in [6.45, 7) is 17.8. The van der Waals surface area contributed by atoms with Gasteiger partial charge in [0.05, 0.1) is 12.4 Å². The molecule has 0 saturated heterocycles. The molecule has 0 bridgehead atoms. The van der Waals surface area contributed by atoms with Crippen molar-refractivity contribution in [2.45, 2.75) is 80.2 Å². The summed E-state index contributed by atoms with van der Waals surface area (Å²) in [7, 11) is -3.29. The molecule has 0 saturated carbocycles. The average molecular weight is 336 g/mol.